The molecule has 4 heteroatoms. The van der Waals surface area contributed by atoms with Gasteiger partial charge in [-0.15, -0.1) is 0 Å². The van der Waals surface area contributed by atoms with Crippen molar-refractivity contribution in [1.29, 1.82) is 0 Å². The predicted octanol–water partition coefficient (Wildman–Crippen LogP) is 3.03. The Kier molecular flexibility index (Phi) is 4.97. The van der Waals surface area contributed by atoms with Gasteiger partial charge in [0.25, 0.3) is 0 Å². The van der Waals surface area contributed by atoms with Gasteiger partial charge in [0.1, 0.15) is 0 Å². The minimum atomic E-state index is 0.820. The average molecular weight is 338 g/mol. The molecule has 0 amide bonds. The molecule has 2 aliphatic rings. The third-order valence-corrected chi connectivity index (χ3v) is 5.21. The van der Waals surface area contributed by atoms with E-state index in [1.807, 2.05) is 0 Å². The fraction of sp³-hybridized carbons (Fsp3) is 0.625. The Labute approximate surface area is 130 Å². The zero-order valence-corrected chi connectivity index (χ0v) is 13.6. The number of benzene rings is 1. The minimum absolute atomic E-state index is 0.820. The van der Waals surface area contributed by atoms with E-state index in [0.29, 0.717) is 0 Å². The maximum Gasteiger partial charge on any atom is 0.0485 e. The smallest absolute Gasteiger partial charge is 0.0485 e. The van der Waals surface area contributed by atoms with E-state index in [-0.39, 0.29) is 0 Å². The number of para-hydroxylation sites is 1. The first kappa shape index (κ1) is 14.4. The second-order valence-electron chi connectivity index (χ2n) is 5.89. The van der Waals surface area contributed by atoms with Crippen LogP contribution in [0.1, 0.15) is 19.3 Å². The Hall–Kier alpha value is -0.580. The Morgan fingerprint density at radius 1 is 1.15 bits per heavy atom. The standard InChI is InChI=1S/C16H24BrN3/c17-15-5-1-2-6-16(15)18-8-12-19-11-7-14(13-19)20-9-3-4-10-20/h1-2,5-6,14,18H,3-4,7-13H2. The van der Waals surface area contributed by atoms with E-state index < -0.39 is 0 Å². The summed E-state index contributed by atoms with van der Waals surface area (Å²) >= 11 is 3.58. The highest BCUT2D eigenvalue weighted by atomic mass is 79.9. The van der Waals surface area contributed by atoms with Crippen molar-refractivity contribution in [2.45, 2.75) is 25.3 Å². The van der Waals surface area contributed by atoms with Crippen LogP contribution in [0.25, 0.3) is 0 Å². The van der Waals surface area contributed by atoms with Gasteiger partial charge in [0.05, 0.1) is 0 Å². The highest BCUT2D eigenvalue weighted by Gasteiger charge is 2.28. The normalized spacial score (nSPS) is 24.4. The fourth-order valence-electron chi connectivity index (χ4n) is 3.37. The number of nitrogens with zero attached hydrogens (tertiary/aromatic N) is 2. The maximum absolute atomic E-state index is 3.58. The van der Waals surface area contributed by atoms with Crippen LogP contribution in [0, 0.1) is 0 Å². The fourth-order valence-corrected chi connectivity index (χ4v) is 3.80. The Morgan fingerprint density at radius 2 is 1.95 bits per heavy atom. The lowest BCUT2D eigenvalue weighted by molar-refractivity contribution is 0.234. The highest BCUT2D eigenvalue weighted by molar-refractivity contribution is 9.10. The van der Waals surface area contributed by atoms with Crippen molar-refractivity contribution >= 4 is 21.6 Å². The van der Waals surface area contributed by atoms with E-state index in [1.165, 1.54) is 51.1 Å². The van der Waals surface area contributed by atoms with Crippen LogP contribution < -0.4 is 5.32 Å². The van der Waals surface area contributed by atoms with Crippen LogP contribution in [0.15, 0.2) is 28.7 Å². The quantitative estimate of drug-likeness (QED) is 0.890. The van der Waals surface area contributed by atoms with Crippen molar-refractivity contribution < 1.29 is 0 Å². The molecule has 3 nitrogen and oxygen atoms in total. The topological polar surface area (TPSA) is 18.5 Å². The van der Waals surface area contributed by atoms with Crippen molar-refractivity contribution in [3.63, 3.8) is 0 Å². The molecule has 1 aromatic rings. The summed E-state index contributed by atoms with van der Waals surface area (Å²) in [7, 11) is 0. The van der Waals surface area contributed by atoms with Gasteiger partial charge in [0, 0.05) is 35.8 Å². The molecular formula is C16H24BrN3. The first-order valence-corrected chi connectivity index (χ1v) is 8.57. The molecule has 1 unspecified atom stereocenters. The van der Waals surface area contributed by atoms with Gasteiger partial charge < -0.3 is 5.32 Å². The molecule has 2 aliphatic heterocycles. The molecule has 20 heavy (non-hydrogen) atoms. The van der Waals surface area contributed by atoms with Crippen molar-refractivity contribution in [2.75, 3.05) is 44.6 Å². The molecule has 1 aromatic carbocycles. The number of likely N-dealkylation sites (tertiary alicyclic amines) is 2. The molecule has 2 fully saturated rings. The van der Waals surface area contributed by atoms with Gasteiger partial charge in [-0.25, -0.2) is 0 Å². The van der Waals surface area contributed by atoms with Crippen LogP contribution in [0.5, 0.6) is 0 Å². The first-order chi connectivity index (χ1) is 9.83. The zero-order valence-electron chi connectivity index (χ0n) is 12.0. The number of halogens is 1. The summed E-state index contributed by atoms with van der Waals surface area (Å²) in [5, 5.41) is 3.52. The number of hydrogen-bond donors (Lipinski definition) is 1. The van der Waals surface area contributed by atoms with Gasteiger partial charge in [0.2, 0.25) is 0 Å². The van der Waals surface area contributed by atoms with Gasteiger partial charge in [0.15, 0.2) is 0 Å². The van der Waals surface area contributed by atoms with E-state index in [2.05, 4.69) is 55.3 Å². The second kappa shape index (κ2) is 6.92. The summed E-state index contributed by atoms with van der Waals surface area (Å²) < 4.78 is 1.15. The Balaban J connectivity index is 1.40. The number of anilines is 1. The lowest BCUT2D eigenvalue weighted by atomic mass is 10.2. The Bertz CT molecular complexity index is 431. The molecule has 110 valence electrons. The highest BCUT2D eigenvalue weighted by Crippen LogP contribution is 2.22. The molecule has 2 heterocycles. The number of hydrogen-bond acceptors (Lipinski definition) is 3. The summed E-state index contributed by atoms with van der Waals surface area (Å²) in [5.74, 6) is 0. The largest absolute Gasteiger partial charge is 0.383 e. The summed E-state index contributed by atoms with van der Waals surface area (Å²) in [4.78, 5) is 5.30. The summed E-state index contributed by atoms with van der Waals surface area (Å²) in [6, 6.07) is 9.16. The molecule has 0 aromatic heterocycles. The second-order valence-corrected chi connectivity index (χ2v) is 6.75. The third kappa shape index (κ3) is 3.54. The van der Waals surface area contributed by atoms with Gasteiger partial charge in [-0.1, -0.05) is 12.1 Å². The molecule has 1 atom stereocenters. The molecule has 1 N–H and O–H groups in total. The summed E-state index contributed by atoms with van der Waals surface area (Å²) in [6.45, 7) is 7.35. The maximum atomic E-state index is 3.58. The average Bonchev–Trinajstić information content (AvgIpc) is 3.11. The predicted molar refractivity (Wildman–Crippen MR) is 88.3 cm³/mol. The minimum Gasteiger partial charge on any atom is -0.383 e. The van der Waals surface area contributed by atoms with Crippen molar-refractivity contribution in [1.82, 2.24) is 9.80 Å². The van der Waals surface area contributed by atoms with Crippen LogP contribution in [0.4, 0.5) is 5.69 Å². The van der Waals surface area contributed by atoms with E-state index in [9.17, 15) is 0 Å². The van der Waals surface area contributed by atoms with E-state index >= 15 is 0 Å². The molecule has 0 bridgehead atoms. The first-order valence-electron chi connectivity index (χ1n) is 7.78. The van der Waals surface area contributed by atoms with E-state index in [0.717, 1.165) is 23.6 Å². The molecular weight excluding hydrogens is 314 g/mol. The van der Waals surface area contributed by atoms with Crippen LogP contribution in [-0.2, 0) is 0 Å². The SMILES string of the molecule is Brc1ccccc1NCCN1CCC(N2CCCC2)C1. The van der Waals surface area contributed by atoms with E-state index in [4.69, 9.17) is 0 Å². The van der Waals surface area contributed by atoms with Gasteiger partial charge in [-0.3, -0.25) is 9.80 Å². The number of rotatable bonds is 5. The summed E-state index contributed by atoms with van der Waals surface area (Å²) in [5.41, 5.74) is 1.20. The van der Waals surface area contributed by atoms with Gasteiger partial charge >= 0.3 is 0 Å². The van der Waals surface area contributed by atoms with Crippen LogP contribution in [-0.4, -0.2) is 55.1 Å². The zero-order chi connectivity index (χ0) is 13.8. The van der Waals surface area contributed by atoms with Crippen molar-refractivity contribution in [2.24, 2.45) is 0 Å². The molecule has 0 aliphatic carbocycles. The third-order valence-electron chi connectivity index (χ3n) is 4.52. The Morgan fingerprint density at radius 3 is 2.75 bits per heavy atom. The molecule has 2 saturated heterocycles. The van der Waals surface area contributed by atoms with E-state index in [1.54, 1.807) is 0 Å². The molecule has 0 spiro atoms. The lowest BCUT2D eigenvalue weighted by Crippen LogP contribution is -2.36. The van der Waals surface area contributed by atoms with Crippen LogP contribution in [0.2, 0.25) is 0 Å². The summed E-state index contributed by atoms with van der Waals surface area (Å²) in [6.07, 6.45) is 4.16. The van der Waals surface area contributed by atoms with Gasteiger partial charge in [-0.05, 0) is 67.0 Å². The van der Waals surface area contributed by atoms with Gasteiger partial charge in [-0.2, -0.15) is 0 Å². The molecule has 0 radical (unpaired) electrons. The molecule has 0 saturated carbocycles. The molecule has 3 rings (SSSR count). The van der Waals surface area contributed by atoms with Crippen molar-refractivity contribution in [3.05, 3.63) is 28.7 Å². The van der Waals surface area contributed by atoms with Crippen LogP contribution in [0.3, 0.4) is 0 Å². The lowest BCUT2D eigenvalue weighted by Gasteiger charge is -2.23. The van der Waals surface area contributed by atoms with Crippen LogP contribution >= 0.6 is 15.9 Å². The number of nitrogens with one attached hydrogen (secondary N) is 1. The monoisotopic (exact) mass is 337 g/mol. The van der Waals surface area contributed by atoms with Crippen molar-refractivity contribution in [3.8, 4) is 0 Å².